The predicted octanol–water partition coefficient (Wildman–Crippen LogP) is 3.14. The predicted molar refractivity (Wildman–Crippen MR) is 93.0 cm³/mol. The molecule has 0 radical (unpaired) electrons. The van der Waals surface area contributed by atoms with Crippen molar-refractivity contribution in [2.75, 3.05) is 0 Å². The highest BCUT2D eigenvalue weighted by atomic mass is 16.5. The minimum atomic E-state index is -0.278. The molecule has 0 aliphatic carbocycles. The van der Waals surface area contributed by atoms with E-state index in [0.717, 1.165) is 5.69 Å². The maximum absolute atomic E-state index is 12.2. The highest BCUT2D eigenvalue weighted by molar-refractivity contribution is 5.95. The van der Waals surface area contributed by atoms with E-state index in [4.69, 9.17) is 4.74 Å². The molecule has 0 unspecified atom stereocenters. The Labute approximate surface area is 143 Å². The lowest BCUT2D eigenvalue weighted by Gasteiger charge is -2.20. The van der Waals surface area contributed by atoms with Crippen molar-refractivity contribution in [3.8, 4) is 5.75 Å². The van der Waals surface area contributed by atoms with Gasteiger partial charge in [-0.05, 0) is 59.7 Å². The van der Waals surface area contributed by atoms with E-state index in [0.29, 0.717) is 17.9 Å². The van der Waals surface area contributed by atoms with Gasteiger partial charge in [0.1, 0.15) is 18.1 Å². The number of benzene rings is 1. The lowest BCUT2D eigenvalue weighted by Crippen LogP contribution is -2.40. The average molecular weight is 330 g/mol. The normalized spacial score (nSPS) is 12.1. The summed E-state index contributed by atoms with van der Waals surface area (Å²) in [7, 11) is 0. The fraction of sp³-hybridized carbons (Fsp3) is 0.500. The zero-order valence-electron chi connectivity index (χ0n) is 15.3. The third-order valence-corrected chi connectivity index (χ3v) is 3.20. The minimum absolute atomic E-state index is 0.115. The van der Waals surface area contributed by atoms with E-state index in [1.807, 2.05) is 33.0 Å². The molecule has 0 fully saturated rings. The monoisotopic (exact) mass is 330 g/mol. The van der Waals surface area contributed by atoms with Gasteiger partial charge >= 0.3 is 0 Å². The Morgan fingerprint density at radius 1 is 1.21 bits per heavy atom. The van der Waals surface area contributed by atoms with E-state index in [9.17, 15) is 4.79 Å². The van der Waals surface area contributed by atoms with Crippen molar-refractivity contribution in [1.82, 2.24) is 20.3 Å². The summed E-state index contributed by atoms with van der Waals surface area (Å²) >= 11 is 0. The molecule has 1 aromatic heterocycles. The van der Waals surface area contributed by atoms with Crippen LogP contribution in [0.25, 0.3) is 0 Å². The van der Waals surface area contributed by atoms with Gasteiger partial charge in [-0.25, -0.2) is 4.68 Å². The highest BCUT2D eigenvalue weighted by Gasteiger charge is 2.17. The second-order valence-corrected chi connectivity index (χ2v) is 7.85. The van der Waals surface area contributed by atoms with Crippen LogP contribution in [0.3, 0.4) is 0 Å². The first kappa shape index (κ1) is 18.0. The molecule has 2 aromatic rings. The van der Waals surface area contributed by atoms with Gasteiger partial charge in [-0.15, -0.1) is 5.10 Å². The van der Waals surface area contributed by atoms with Crippen LogP contribution in [-0.4, -0.2) is 26.4 Å². The summed E-state index contributed by atoms with van der Waals surface area (Å²) in [5.41, 5.74) is 0.922. The third-order valence-electron chi connectivity index (χ3n) is 3.20. The standard InChI is InChI=1S/C18H26N4O2/c1-17(2,3)19-16(23)13-8-7-9-15(10-13)24-12-14-11-22(21-20-14)18(4,5)6/h7-11H,12H2,1-6H3,(H,19,23). The molecule has 1 N–H and O–H groups in total. The van der Waals surface area contributed by atoms with Gasteiger partial charge in [0.15, 0.2) is 0 Å². The number of carbonyl (C=O) groups excluding carboxylic acids is 1. The molecule has 24 heavy (non-hydrogen) atoms. The molecular formula is C18H26N4O2. The second kappa shape index (κ2) is 6.63. The van der Waals surface area contributed by atoms with Crippen LogP contribution >= 0.6 is 0 Å². The van der Waals surface area contributed by atoms with Crippen LogP contribution < -0.4 is 10.1 Å². The fourth-order valence-corrected chi connectivity index (χ4v) is 1.99. The lowest BCUT2D eigenvalue weighted by molar-refractivity contribution is 0.0919. The van der Waals surface area contributed by atoms with Crippen molar-refractivity contribution in [1.29, 1.82) is 0 Å². The van der Waals surface area contributed by atoms with E-state index in [1.165, 1.54) is 0 Å². The molecule has 0 aliphatic heterocycles. The molecule has 1 amide bonds. The maximum Gasteiger partial charge on any atom is 0.251 e. The summed E-state index contributed by atoms with van der Waals surface area (Å²) in [6.07, 6.45) is 1.87. The van der Waals surface area contributed by atoms with Crippen LogP contribution in [0.2, 0.25) is 0 Å². The van der Waals surface area contributed by atoms with Gasteiger partial charge in [0.2, 0.25) is 0 Å². The van der Waals surface area contributed by atoms with Crippen LogP contribution in [0.5, 0.6) is 5.75 Å². The summed E-state index contributed by atoms with van der Waals surface area (Å²) < 4.78 is 7.55. The van der Waals surface area contributed by atoms with Gasteiger partial charge < -0.3 is 10.1 Å². The van der Waals surface area contributed by atoms with Gasteiger partial charge in [0.05, 0.1) is 11.7 Å². The van der Waals surface area contributed by atoms with E-state index in [-0.39, 0.29) is 17.0 Å². The molecular weight excluding hydrogens is 304 g/mol. The largest absolute Gasteiger partial charge is 0.487 e. The quantitative estimate of drug-likeness (QED) is 0.935. The summed E-state index contributed by atoms with van der Waals surface area (Å²) in [6.45, 7) is 12.3. The molecule has 0 saturated carbocycles. The van der Waals surface area contributed by atoms with Gasteiger partial charge in [-0.2, -0.15) is 0 Å². The van der Waals surface area contributed by atoms with E-state index in [1.54, 1.807) is 22.9 Å². The number of nitrogens with one attached hydrogen (secondary N) is 1. The zero-order valence-corrected chi connectivity index (χ0v) is 15.3. The van der Waals surface area contributed by atoms with Crippen molar-refractivity contribution in [2.24, 2.45) is 0 Å². The Hall–Kier alpha value is -2.37. The summed E-state index contributed by atoms with van der Waals surface area (Å²) in [4.78, 5) is 12.2. The van der Waals surface area contributed by atoms with Crippen molar-refractivity contribution in [3.05, 3.63) is 41.7 Å². The van der Waals surface area contributed by atoms with Gasteiger partial charge in [-0.1, -0.05) is 11.3 Å². The Bertz CT molecular complexity index is 708. The van der Waals surface area contributed by atoms with E-state index >= 15 is 0 Å². The van der Waals surface area contributed by atoms with E-state index < -0.39 is 0 Å². The van der Waals surface area contributed by atoms with Crippen molar-refractivity contribution in [2.45, 2.75) is 59.2 Å². The molecule has 6 nitrogen and oxygen atoms in total. The smallest absolute Gasteiger partial charge is 0.251 e. The highest BCUT2D eigenvalue weighted by Crippen LogP contribution is 2.17. The first-order chi connectivity index (χ1) is 11.0. The first-order valence-electron chi connectivity index (χ1n) is 8.02. The molecule has 0 spiro atoms. The number of hydrogen-bond donors (Lipinski definition) is 1. The Morgan fingerprint density at radius 2 is 1.92 bits per heavy atom. The number of hydrogen-bond acceptors (Lipinski definition) is 4. The Kier molecular flexibility index (Phi) is 4.96. The summed E-state index contributed by atoms with van der Waals surface area (Å²) in [5, 5.41) is 11.2. The minimum Gasteiger partial charge on any atom is -0.487 e. The lowest BCUT2D eigenvalue weighted by atomic mass is 10.1. The fourth-order valence-electron chi connectivity index (χ4n) is 1.99. The topological polar surface area (TPSA) is 69.0 Å². The molecule has 0 atom stereocenters. The van der Waals surface area contributed by atoms with Gasteiger partial charge in [0.25, 0.3) is 5.91 Å². The van der Waals surface area contributed by atoms with Crippen LogP contribution in [0.1, 0.15) is 57.6 Å². The first-order valence-corrected chi connectivity index (χ1v) is 8.02. The Morgan fingerprint density at radius 3 is 2.50 bits per heavy atom. The molecule has 1 aromatic carbocycles. The van der Waals surface area contributed by atoms with Crippen LogP contribution in [-0.2, 0) is 12.1 Å². The zero-order chi connectivity index (χ0) is 18.0. The number of aromatic nitrogens is 3. The van der Waals surface area contributed by atoms with Crippen molar-refractivity contribution < 1.29 is 9.53 Å². The number of rotatable bonds is 4. The molecule has 130 valence electrons. The number of amides is 1. The Balaban J connectivity index is 2.02. The maximum atomic E-state index is 12.2. The molecule has 0 aliphatic rings. The van der Waals surface area contributed by atoms with Crippen molar-refractivity contribution >= 4 is 5.91 Å². The number of nitrogens with zero attached hydrogens (tertiary/aromatic N) is 3. The average Bonchev–Trinajstić information content (AvgIpc) is 2.92. The third kappa shape index (κ3) is 5.08. The molecule has 6 heteroatoms. The molecule has 1 heterocycles. The summed E-state index contributed by atoms with van der Waals surface area (Å²) in [5.74, 6) is 0.508. The van der Waals surface area contributed by atoms with Crippen LogP contribution in [0, 0.1) is 0 Å². The van der Waals surface area contributed by atoms with Gasteiger partial charge in [-0.3, -0.25) is 4.79 Å². The second-order valence-electron chi connectivity index (χ2n) is 7.85. The number of carbonyl (C=O) groups is 1. The van der Waals surface area contributed by atoms with E-state index in [2.05, 4.69) is 36.4 Å². The molecule has 0 saturated heterocycles. The van der Waals surface area contributed by atoms with Crippen LogP contribution in [0.15, 0.2) is 30.5 Å². The van der Waals surface area contributed by atoms with Crippen LogP contribution in [0.4, 0.5) is 0 Å². The molecule has 0 bridgehead atoms. The van der Waals surface area contributed by atoms with Crippen molar-refractivity contribution in [3.63, 3.8) is 0 Å². The van der Waals surface area contributed by atoms with Gasteiger partial charge in [0, 0.05) is 11.1 Å². The number of ether oxygens (including phenoxy) is 1. The SMILES string of the molecule is CC(C)(C)NC(=O)c1cccc(OCc2cn(C(C)(C)C)nn2)c1. The summed E-state index contributed by atoms with van der Waals surface area (Å²) in [6, 6.07) is 7.13. The molecule has 2 rings (SSSR count).